The Kier molecular flexibility index (Phi) is 4.26. The molecule has 0 atom stereocenters. The van der Waals surface area contributed by atoms with Gasteiger partial charge >= 0.3 is 0 Å². The van der Waals surface area contributed by atoms with Crippen LogP contribution in [0.5, 0.6) is 0 Å². The smallest absolute Gasteiger partial charge is 0.0426 e. The van der Waals surface area contributed by atoms with E-state index in [1.54, 1.807) is 0 Å². The van der Waals surface area contributed by atoms with Crippen molar-refractivity contribution in [1.82, 2.24) is 5.32 Å². The molecular formula is C19H24N2. The van der Waals surface area contributed by atoms with Gasteiger partial charge in [0.1, 0.15) is 0 Å². The van der Waals surface area contributed by atoms with Crippen molar-refractivity contribution in [3.8, 4) is 0 Å². The largest absolute Gasteiger partial charge is 0.370 e. The average molecular weight is 280 g/mol. The van der Waals surface area contributed by atoms with Crippen LogP contribution in [0.15, 0.2) is 48.5 Å². The summed E-state index contributed by atoms with van der Waals surface area (Å²) < 4.78 is 0. The highest BCUT2D eigenvalue weighted by molar-refractivity contribution is 5.47. The Labute approximate surface area is 127 Å². The first kappa shape index (κ1) is 14.2. The maximum Gasteiger partial charge on any atom is 0.0426 e. The van der Waals surface area contributed by atoms with Gasteiger partial charge in [-0.3, -0.25) is 0 Å². The Balaban J connectivity index is 1.58. The fourth-order valence-electron chi connectivity index (χ4n) is 2.48. The van der Waals surface area contributed by atoms with Gasteiger partial charge in [-0.15, -0.1) is 0 Å². The molecule has 0 heterocycles. The zero-order valence-corrected chi connectivity index (χ0v) is 13.0. The van der Waals surface area contributed by atoms with Gasteiger partial charge in [-0.2, -0.15) is 0 Å². The lowest BCUT2D eigenvalue weighted by Crippen LogP contribution is -2.17. The van der Waals surface area contributed by atoms with Crippen LogP contribution in [-0.4, -0.2) is 13.1 Å². The topological polar surface area (TPSA) is 15.3 Å². The monoisotopic (exact) mass is 280 g/mol. The van der Waals surface area contributed by atoms with Crippen molar-refractivity contribution < 1.29 is 0 Å². The maximum atomic E-state index is 3.55. The highest BCUT2D eigenvalue weighted by atomic mass is 15.1. The minimum Gasteiger partial charge on any atom is -0.370 e. The van der Waals surface area contributed by atoms with Crippen LogP contribution in [0.25, 0.3) is 0 Å². The predicted molar refractivity (Wildman–Crippen MR) is 89.6 cm³/mol. The molecule has 0 aromatic heterocycles. The fraction of sp³-hybridized carbons (Fsp3) is 0.368. The first-order valence-electron chi connectivity index (χ1n) is 7.80. The van der Waals surface area contributed by atoms with Crippen LogP contribution in [0.4, 0.5) is 5.69 Å². The Morgan fingerprint density at radius 1 is 0.952 bits per heavy atom. The molecule has 0 saturated heterocycles. The summed E-state index contributed by atoms with van der Waals surface area (Å²) in [5.74, 6) is 0. The summed E-state index contributed by atoms with van der Waals surface area (Å²) in [5.41, 5.74) is 5.30. The van der Waals surface area contributed by atoms with E-state index >= 15 is 0 Å². The molecule has 110 valence electrons. The molecular weight excluding hydrogens is 256 g/mol. The van der Waals surface area contributed by atoms with Crippen molar-refractivity contribution in [3.05, 3.63) is 65.2 Å². The number of rotatable bonds is 6. The molecule has 0 aliphatic heterocycles. The fourth-order valence-corrected chi connectivity index (χ4v) is 2.48. The molecule has 1 aliphatic carbocycles. The third kappa shape index (κ3) is 4.08. The van der Waals surface area contributed by atoms with E-state index in [0.717, 1.165) is 19.1 Å². The van der Waals surface area contributed by atoms with E-state index in [-0.39, 0.29) is 0 Å². The van der Waals surface area contributed by atoms with Crippen LogP contribution in [0, 0.1) is 6.92 Å². The average Bonchev–Trinajstić information content (AvgIpc) is 3.32. The molecule has 2 aromatic rings. The van der Waals surface area contributed by atoms with Gasteiger partial charge < -0.3 is 10.2 Å². The Bertz CT molecular complexity index is 568. The molecule has 1 fully saturated rings. The zero-order valence-electron chi connectivity index (χ0n) is 13.0. The molecule has 0 radical (unpaired) electrons. The standard InChI is InChI=1S/C19H24N2/c1-15-3-5-17(6-4-15)14-21(2)19-11-7-16(8-12-19)13-20-18-9-10-18/h3-8,11-12,18,20H,9-10,13-14H2,1-2H3. The van der Waals surface area contributed by atoms with Crippen molar-refractivity contribution in [1.29, 1.82) is 0 Å². The third-order valence-electron chi connectivity index (χ3n) is 4.09. The molecule has 1 saturated carbocycles. The Morgan fingerprint density at radius 2 is 1.57 bits per heavy atom. The minimum absolute atomic E-state index is 0.772. The Morgan fingerprint density at radius 3 is 2.19 bits per heavy atom. The number of anilines is 1. The molecule has 1 N–H and O–H groups in total. The number of nitrogens with zero attached hydrogens (tertiary/aromatic N) is 1. The van der Waals surface area contributed by atoms with E-state index in [1.165, 1.54) is 35.2 Å². The second-order valence-corrected chi connectivity index (χ2v) is 6.16. The van der Waals surface area contributed by atoms with Crippen molar-refractivity contribution in [2.24, 2.45) is 0 Å². The van der Waals surface area contributed by atoms with Crippen molar-refractivity contribution >= 4 is 5.69 Å². The first-order chi connectivity index (χ1) is 10.2. The summed E-state index contributed by atoms with van der Waals surface area (Å²) in [6, 6.07) is 18.4. The minimum atomic E-state index is 0.772. The van der Waals surface area contributed by atoms with Gasteiger partial charge in [0.05, 0.1) is 0 Å². The third-order valence-corrected chi connectivity index (χ3v) is 4.09. The van der Waals surface area contributed by atoms with Gasteiger partial charge in [-0.1, -0.05) is 42.0 Å². The van der Waals surface area contributed by atoms with E-state index in [4.69, 9.17) is 0 Å². The summed E-state index contributed by atoms with van der Waals surface area (Å²) in [7, 11) is 2.15. The summed E-state index contributed by atoms with van der Waals surface area (Å²) in [6.45, 7) is 4.06. The van der Waals surface area contributed by atoms with E-state index in [9.17, 15) is 0 Å². The van der Waals surface area contributed by atoms with Crippen LogP contribution in [-0.2, 0) is 13.1 Å². The first-order valence-corrected chi connectivity index (χ1v) is 7.80. The molecule has 3 rings (SSSR count). The molecule has 2 nitrogen and oxygen atoms in total. The lowest BCUT2D eigenvalue weighted by Gasteiger charge is -2.20. The molecule has 1 aliphatic rings. The molecule has 0 unspecified atom stereocenters. The van der Waals surface area contributed by atoms with Gasteiger partial charge in [0.25, 0.3) is 0 Å². The number of aryl methyl sites for hydroxylation is 1. The van der Waals surface area contributed by atoms with Crippen LogP contribution in [0.2, 0.25) is 0 Å². The Hall–Kier alpha value is -1.80. The van der Waals surface area contributed by atoms with Crippen molar-refractivity contribution in [2.45, 2.75) is 38.9 Å². The van der Waals surface area contributed by atoms with Crippen molar-refractivity contribution in [3.63, 3.8) is 0 Å². The van der Waals surface area contributed by atoms with Crippen LogP contribution in [0.3, 0.4) is 0 Å². The molecule has 21 heavy (non-hydrogen) atoms. The van der Waals surface area contributed by atoms with E-state index in [1.807, 2.05) is 0 Å². The second kappa shape index (κ2) is 6.31. The van der Waals surface area contributed by atoms with Gasteiger partial charge in [-0.25, -0.2) is 0 Å². The van der Waals surface area contributed by atoms with E-state index in [2.05, 4.69) is 72.7 Å². The number of nitrogens with one attached hydrogen (secondary N) is 1. The number of hydrogen-bond acceptors (Lipinski definition) is 2. The van der Waals surface area contributed by atoms with Crippen molar-refractivity contribution in [2.75, 3.05) is 11.9 Å². The van der Waals surface area contributed by atoms with Crippen LogP contribution in [0.1, 0.15) is 29.5 Å². The van der Waals surface area contributed by atoms with Gasteiger partial charge in [0.15, 0.2) is 0 Å². The second-order valence-electron chi connectivity index (χ2n) is 6.16. The van der Waals surface area contributed by atoms with E-state index < -0.39 is 0 Å². The summed E-state index contributed by atoms with van der Waals surface area (Å²) in [6.07, 6.45) is 2.69. The van der Waals surface area contributed by atoms with Gasteiger partial charge in [0.2, 0.25) is 0 Å². The highest BCUT2D eigenvalue weighted by Crippen LogP contribution is 2.20. The lowest BCUT2D eigenvalue weighted by molar-refractivity contribution is 0.688. The van der Waals surface area contributed by atoms with Gasteiger partial charge in [0, 0.05) is 31.9 Å². The maximum absolute atomic E-state index is 3.55. The molecule has 0 amide bonds. The molecule has 2 heteroatoms. The molecule has 0 spiro atoms. The number of hydrogen-bond donors (Lipinski definition) is 1. The molecule has 2 aromatic carbocycles. The zero-order chi connectivity index (χ0) is 14.7. The van der Waals surface area contributed by atoms with Crippen LogP contribution < -0.4 is 10.2 Å². The SMILES string of the molecule is Cc1ccc(CN(C)c2ccc(CNC3CC3)cc2)cc1. The summed E-state index contributed by atoms with van der Waals surface area (Å²) >= 11 is 0. The van der Waals surface area contributed by atoms with Crippen LogP contribution >= 0.6 is 0 Å². The highest BCUT2D eigenvalue weighted by Gasteiger charge is 2.19. The molecule has 0 bridgehead atoms. The quantitative estimate of drug-likeness (QED) is 0.863. The normalized spacial score (nSPS) is 14.2. The summed E-state index contributed by atoms with van der Waals surface area (Å²) in [5, 5.41) is 3.55. The van der Waals surface area contributed by atoms with E-state index in [0.29, 0.717) is 0 Å². The summed E-state index contributed by atoms with van der Waals surface area (Å²) in [4.78, 5) is 2.29. The van der Waals surface area contributed by atoms with Gasteiger partial charge in [-0.05, 0) is 43.0 Å². The predicted octanol–water partition coefficient (Wildman–Crippen LogP) is 3.88. The number of benzene rings is 2. The lowest BCUT2D eigenvalue weighted by atomic mass is 10.1.